The van der Waals surface area contributed by atoms with Gasteiger partial charge in [-0.05, 0) is 108 Å². The van der Waals surface area contributed by atoms with Gasteiger partial charge in [0.25, 0.3) is 17.6 Å². The fraction of sp³-hybridized carbons (Fsp3) is 0.667. The molecule has 2 bridgehead atoms. The Bertz CT molecular complexity index is 1920. The van der Waals surface area contributed by atoms with Crippen LogP contribution in [0.25, 0.3) is 0 Å². The third kappa shape index (κ3) is 12.9. The first-order chi connectivity index (χ1) is 31.4. The summed E-state index contributed by atoms with van der Waals surface area (Å²) in [6, 6.07) is 7.54. The Kier molecular flexibility index (Phi) is 19.4. The molecule has 0 radical (unpaired) electrons. The first kappa shape index (κ1) is 52.9. The first-order valence-electron chi connectivity index (χ1n) is 23.7. The molecule has 366 valence electrons. The molecule has 0 aromatic heterocycles. The number of piperidine rings is 1. The van der Waals surface area contributed by atoms with E-state index in [9.17, 15) is 34.5 Å². The van der Waals surface area contributed by atoms with E-state index in [0.717, 1.165) is 5.57 Å². The molecule has 5 rings (SSSR count). The highest BCUT2D eigenvalue weighted by Crippen LogP contribution is 2.39. The maximum Gasteiger partial charge on any atom is 0.329 e. The lowest BCUT2D eigenvalue weighted by molar-refractivity contribution is -0.302. The maximum absolute atomic E-state index is 14.6. The Morgan fingerprint density at radius 1 is 0.939 bits per heavy atom. The fourth-order valence-corrected chi connectivity index (χ4v) is 10.3. The van der Waals surface area contributed by atoms with E-state index in [-0.39, 0.29) is 43.7 Å². The molecule has 4 N–H and O–H groups in total. The average molecular weight is 922 g/mol. The van der Waals surface area contributed by atoms with Gasteiger partial charge in [0.1, 0.15) is 18.2 Å². The van der Waals surface area contributed by atoms with Crippen molar-refractivity contribution in [3.63, 3.8) is 0 Å². The van der Waals surface area contributed by atoms with Gasteiger partial charge in [-0.15, -0.1) is 6.58 Å². The molecule has 1 aromatic carbocycles. The second kappa shape index (κ2) is 24.3. The van der Waals surface area contributed by atoms with Crippen molar-refractivity contribution in [2.75, 3.05) is 27.9 Å². The number of ketones is 1. The summed E-state index contributed by atoms with van der Waals surface area (Å²) in [6.45, 7) is 13.4. The minimum atomic E-state index is -2.53. The molecule has 1 aliphatic carbocycles. The summed E-state index contributed by atoms with van der Waals surface area (Å²) >= 11 is 0. The van der Waals surface area contributed by atoms with Crippen molar-refractivity contribution in [2.45, 2.75) is 160 Å². The molecular formula is C51H75N3O12. The Morgan fingerprint density at radius 3 is 2.29 bits per heavy atom. The molecule has 2 saturated heterocycles. The van der Waals surface area contributed by atoms with Crippen LogP contribution in [0, 0.1) is 29.6 Å². The highest BCUT2D eigenvalue weighted by atomic mass is 16.7. The number of benzene rings is 1. The summed E-state index contributed by atoms with van der Waals surface area (Å²) in [4.78, 5) is 58.0. The summed E-state index contributed by atoms with van der Waals surface area (Å²) in [6.07, 6.45) is 5.19. The summed E-state index contributed by atoms with van der Waals surface area (Å²) in [5.41, 5.74) is 5.26. The number of rotatable bonds is 9. The number of ether oxygens (including phenoxy) is 5. The van der Waals surface area contributed by atoms with Gasteiger partial charge in [0.05, 0.1) is 30.5 Å². The third-order valence-electron chi connectivity index (χ3n) is 14.2. The van der Waals surface area contributed by atoms with E-state index in [2.05, 4.69) is 30.1 Å². The van der Waals surface area contributed by atoms with Crippen LogP contribution in [-0.2, 0) is 38.1 Å². The number of nitrogens with one attached hydrogen (secondary N) is 1. The number of esters is 1. The van der Waals surface area contributed by atoms with Gasteiger partial charge >= 0.3 is 5.97 Å². The van der Waals surface area contributed by atoms with E-state index in [1.165, 1.54) is 19.1 Å². The number of fused-ring (bicyclic) bond motifs is 3. The van der Waals surface area contributed by atoms with Crippen molar-refractivity contribution in [3.8, 4) is 0 Å². The lowest BCUT2D eigenvalue weighted by Gasteiger charge is -2.47. The van der Waals surface area contributed by atoms with Crippen LogP contribution in [-0.4, -0.2) is 132 Å². The number of aliphatic hydroxyl groups excluding tert-OH is 2. The van der Waals surface area contributed by atoms with Crippen LogP contribution in [0.2, 0.25) is 0 Å². The first-order valence-corrected chi connectivity index (χ1v) is 23.7. The molecule has 4 aliphatic rings. The van der Waals surface area contributed by atoms with Crippen LogP contribution in [0.5, 0.6) is 0 Å². The number of carbonyl (C=O) groups is 4. The monoisotopic (exact) mass is 922 g/mol. The summed E-state index contributed by atoms with van der Waals surface area (Å²) < 4.78 is 30.2. The number of hydrogen-bond acceptors (Lipinski definition) is 13. The summed E-state index contributed by atoms with van der Waals surface area (Å²) in [5.74, 6) is -7.99. The van der Waals surface area contributed by atoms with Crippen molar-refractivity contribution in [1.29, 1.82) is 0 Å². The predicted molar refractivity (Wildman–Crippen MR) is 249 cm³/mol. The van der Waals surface area contributed by atoms with Gasteiger partial charge < -0.3 is 43.9 Å². The molecule has 66 heavy (non-hydrogen) atoms. The minimum Gasteiger partial charge on any atom is -0.456 e. The second-order valence-electron chi connectivity index (χ2n) is 19.2. The molecule has 1 unspecified atom stereocenters. The number of aliphatic hydroxyl groups is 3. The molecule has 0 spiro atoms. The number of nitrogens with zero attached hydrogens (tertiary/aromatic N) is 2. The standard InChI is InChI=1S/C51H75N3O12/c1-10-16-37-24-30(2)23-31(3)25-43(63-8)46-44(64-9)27-33(5)51(61,66-46)47(57)49(59)54-22-15-14-19-39(54)50(60)65-45(32(4)26-35-20-21-40(55)42(28-35)62-7)34(6)41(56)29-38(37)52-53-48(58)36-17-12-11-13-18-36/h10-13,17-18,24,26,31,33-35,37,39-46,55-56,61H,1,14-16,19-23,25,27-29H2,2-9H3,(H,53,58)/b30-24+,32-26+,52-38-/t31-,33+,34+,35?,37+,39-,40+,41-,42+,43-,44-,45+,46+,51+/m0/s1. The molecule has 1 aromatic rings. The van der Waals surface area contributed by atoms with Gasteiger partial charge in [-0.3, -0.25) is 14.4 Å². The second-order valence-corrected chi connectivity index (χ2v) is 19.2. The molecule has 15 nitrogen and oxygen atoms in total. The molecule has 3 heterocycles. The van der Waals surface area contributed by atoms with Gasteiger partial charge in [0.15, 0.2) is 0 Å². The molecule has 2 amide bonds. The minimum absolute atomic E-state index is 0.0146. The van der Waals surface area contributed by atoms with Gasteiger partial charge in [-0.1, -0.05) is 62.8 Å². The van der Waals surface area contributed by atoms with E-state index < -0.39 is 89.8 Å². The van der Waals surface area contributed by atoms with Crippen LogP contribution in [0.1, 0.15) is 116 Å². The fourth-order valence-electron chi connectivity index (χ4n) is 10.3. The SMILES string of the molecule is C=CC[C@@H]1/C=C(\C)C[C@H](C)C[C@H](OC)[C@H]2O[C@@](O)(C(=O)C(=O)N3CCCC[C@H]3C(=O)O[C@H](/C(C)=C/C3CC[C@@H](O)[C@H](OC)C3)[C@H](C)[C@@H](O)C/C1=N/NC(=O)c1ccccc1)[C@H](C)C[C@@H]2OC. The van der Waals surface area contributed by atoms with Crippen LogP contribution in [0.3, 0.4) is 0 Å². The van der Waals surface area contributed by atoms with E-state index >= 15 is 0 Å². The molecule has 3 fully saturated rings. The smallest absolute Gasteiger partial charge is 0.329 e. The van der Waals surface area contributed by atoms with Crippen LogP contribution < -0.4 is 5.43 Å². The quantitative estimate of drug-likeness (QED) is 0.0997. The normalized spacial score (nSPS) is 37.4. The number of methoxy groups -OCH3 is 3. The lowest BCUT2D eigenvalue weighted by atomic mass is 9.81. The molecule has 1 saturated carbocycles. The van der Waals surface area contributed by atoms with Crippen molar-refractivity contribution < 1.29 is 58.2 Å². The summed E-state index contributed by atoms with van der Waals surface area (Å²) in [7, 11) is 4.63. The van der Waals surface area contributed by atoms with Gasteiger partial charge in [-0.25, -0.2) is 10.2 Å². The number of allylic oxidation sites excluding steroid dienone is 4. The van der Waals surface area contributed by atoms with Crippen LogP contribution in [0.4, 0.5) is 0 Å². The zero-order valence-electron chi connectivity index (χ0n) is 40.2. The lowest BCUT2D eigenvalue weighted by Crippen LogP contribution is -2.64. The Hall–Kier alpha value is -4.09. The number of Topliss-reactive ketones (excluding diaryl/α,β-unsaturated/α-hetero) is 1. The van der Waals surface area contributed by atoms with E-state index in [0.29, 0.717) is 68.2 Å². The number of carbonyl (C=O) groups excluding carboxylic acids is 4. The number of amides is 2. The highest BCUT2D eigenvalue weighted by molar-refractivity contribution is 6.39. The Labute approximate surface area is 391 Å². The molecular weight excluding hydrogens is 847 g/mol. The number of cyclic esters (lactones) is 1. The van der Waals surface area contributed by atoms with Crippen molar-refractivity contribution in [2.24, 2.45) is 34.7 Å². The van der Waals surface area contributed by atoms with Gasteiger partial charge in [0, 0.05) is 63.3 Å². The van der Waals surface area contributed by atoms with Crippen molar-refractivity contribution >= 4 is 29.3 Å². The highest BCUT2D eigenvalue weighted by Gasteiger charge is 2.56. The van der Waals surface area contributed by atoms with E-state index in [4.69, 9.17) is 23.7 Å². The Balaban J connectivity index is 1.62. The largest absolute Gasteiger partial charge is 0.456 e. The van der Waals surface area contributed by atoms with Crippen molar-refractivity contribution in [1.82, 2.24) is 10.3 Å². The zero-order valence-corrected chi connectivity index (χ0v) is 40.2. The number of hydrazone groups is 1. The third-order valence-corrected chi connectivity index (χ3v) is 14.2. The molecule has 14 atom stereocenters. The molecule has 3 aliphatic heterocycles. The predicted octanol–water partition coefficient (Wildman–Crippen LogP) is 5.86. The van der Waals surface area contributed by atoms with Crippen LogP contribution in [0.15, 0.2) is 71.4 Å². The Morgan fingerprint density at radius 2 is 1.62 bits per heavy atom. The summed E-state index contributed by atoms with van der Waals surface area (Å²) in [5, 5.41) is 39.7. The van der Waals surface area contributed by atoms with E-state index in [1.807, 2.05) is 26.0 Å². The van der Waals surface area contributed by atoms with E-state index in [1.54, 1.807) is 51.3 Å². The number of hydrogen-bond donors (Lipinski definition) is 4. The van der Waals surface area contributed by atoms with Gasteiger partial charge in [0.2, 0.25) is 5.79 Å². The molecule has 15 heteroatoms. The average Bonchev–Trinajstić information content (AvgIpc) is 3.31. The zero-order chi connectivity index (χ0) is 48.3. The maximum atomic E-state index is 14.6. The van der Waals surface area contributed by atoms with Crippen molar-refractivity contribution in [3.05, 3.63) is 71.8 Å². The van der Waals surface area contributed by atoms with Gasteiger partial charge in [-0.2, -0.15) is 5.10 Å². The topological polar surface area (TPSA) is 203 Å². The van der Waals surface area contributed by atoms with Crippen LogP contribution >= 0.6 is 0 Å².